The molecule has 0 spiro atoms. The second-order valence-corrected chi connectivity index (χ2v) is 4.89. The first-order valence-electron chi connectivity index (χ1n) is 6.36. The molecule has 1 saturated carbocycles. The molecule has 1 fully saturated rings. The Kier molecular flexibility index (Phi) is 4.95. The minimum absolute atomic E-state index is 0.312. The van der Waals surface area contributed by atoms with E-state index in [2.05, 4.69) is 17.2 Å². The third-order valence-electron chi connectivity index (χ3n) is 2.93. The first-order valence-corrected chi connectivity index (χ1v) is 6.74. The number of benzene rings is 1. The lowest BCUT2D eigenvalue weighted by Gasteiger charge is -2.13. The molecule has 0 saturated heterocycles. The lowest BCUT2D eigenvalue weighted by Crippen LogP contribution is -2.15. The number of ether oxygens (including phenoxy) is 2. The number of hydrogen-bond acceptors (Lipinski definition) is 3. The normalized spacial score (nSPS) is 13.6. The van der Waals surface area contributed by atoms with E-state index in [0.717, 1.165) is 12.1 Å². The molecule has 0 atom stereocenters. The Morgan fingerprint density at radius 1 is 1.42 bits per heavy atom. The maximum absolute atomic E-state index is 6.24. The van der Waals surface area contributed by atoms with Crippen molar-refractivity contribution in [3.05, 3.63) is 22.7 Å². The van der Waals surface area contributed by atoms with Crippen LogP contribution in [0.3, 0.4) is 0 Å². The van der Waals surface area contributed by atoms with E-state index in [0.29, 0.717) is 29.2 Å². The maximum Gasteiger partial charge on any atom is 0.181 e. The molecule has 3 nitrogen and oxygen atoms in total. The summed E-state index contributed by atoms with van der Waals surface area (Å²) in [5.41, 5.74) is 1.10. The Morgan fingerprint density at radius 2 is 2.21 bits per heavy atom. The van der Waals surface area contributed by atoms with Gasteiger partial charge >= 0.3 is 0 Å². The van der Waals surface area contributed by atoms with Gasteiger partial charge in [-0.2, -0.15) is 0 Å². The van der Waals surface area contributed by atoms with Crippen molar-refractivity contribution in [2.24, 2.45) is 0 Å². The molecule has 0 radical (unpaired) electrons. The Balaban J connectivity index is 2.10. The van der Waals surface area contributed by atoms with E-state index in [1.807, 2.05) is 12.1 Å². The lowest BCUT2D eigenvalue weighted by atomic mass is 10.2. The summed E-state index contributed by atoms with van der Waals surface area (Å²) in [6, 6.07) is 4.53. The highest BCUT2D eigenvalue weighted by Gasteiger charge is 2.20. The van der Waals surface area contributed by atoms with Crippen LogP contribution < -0.4 is 14.8 Å². The van der Waals surface area contributed by atoms with E-state index in [4.69, 9.17) is 21.1 Å². The summed E-state index contributed by atoms with van der Waals surface area (Å²) < 4.78 is 10.9. The van der Waals surface area contributed by atoms with Crippen LogP contribution in [0.2, 0.25) is 5.02 Å². The van der Waals surface area contributed by atoms with Gasteiger partial charge in [-0.05, 0) is 37.5 Å². The van der Waals surface area contributed by atoms with E-state index in [1.165, 1.54) is 12.8 Å². The summed E-state index contributed by atoms with van der Waals surface area (Å²) in [4.78, 5) is 0. The summed E-state index contributed by atoms with van der Waals surface area (Å²) in [7, 11) is 1.61. The minimum atomic E-state index is 0.312. The summed E-state index contributed by atoms with van der Waals surface area (Å²) in [6.45, 7) is 2.89. The van der Waals surface area contributed by atoms with E-state index in [1.54, 1.807) is 14.0 Å². The molecule has 0 heterocycles. The zero-order chi connectivity index (χ0) is 13.7. The standard InChI is InChI=1S/C15H18ClNO2/c1-3-4-7-19-15-13(16)8-11(9-14(15)18-2)10-17-12-5-6-12/h8-9,12,17H,5-7,10H2,1-2H3. The van der Waals surface area contributed by atoms with Crippen molar-refractivity contribution in [2.45, 2.75) is 32.4 Å². The molecule has 1 aromatic carbocycles. The van der Waals surface area contributed by atoms with Gasteiger partial charge in [-0.25, -0.2) is 0 Å². The fraction of sp³-hybridized carbons (Fsp3) is 0.467. The first kappa shape index (κ1) is 14.0. The number of rotatable bonds is 6. The van der Waals surface area contributed by atoms with Crippen molar-refractivity contribution in [2.75, 3.05) is 13.7 Å². The Bertz CT molecular complexity index is 501. The van der Waals surface area contributed by atoms with E-state index < -0.39 is 0 Å². The summed E-state index contributed by atoms with van der Waals surface area (Å²) in [6.07, 6.45) is 2.53. The predicted octanol–water partition coefficient (Wildman–Crippen LogP) is 3.00. The molecule has 0 amide bonds. The SMILES string of the molecule is CC#CCOc1c(Cl)cc(CNC2CC2)cc1OC. The largest absolute Gasteiger partial charge is 0.493 e. The smallest absolute Gasteiger partial charge is 0.181 e. The highest BCUT2D eigenvalue weighted by molar-refractivity contribution is 6.32. The van der Waals surface area contributed by atoms with Crippen LogP contribution >= 0.6 is 11.6 Å². The van der Waals surface area contributed by atoms with E-state index in [-0.39, 0.29) is 0 Å². The quantitative estimate of drug-likeness (QED) is 0.812. The minimum Gasteiger partial charge on any atom is -0.493 e. The second-order valence-electron chi connectivity index (χ2n) is 4.48. The van der Waals surface area contributed by atoms with Crippen LogP contribution in [0, 0.1) is 11.8 Å². The predicted molar refractivity (Wildman–Crippen MR) is 76.8 cm³/mol. The first-order chi connectivity index (χ1) is 9.24. The summed E-state index contributed by atoms with van der Waals surface area (Å²) in [5, 5.41) is 4.01. The van der Waals surface area contributed by atoms with Crippen molar-refractivity contribution in [1.82, 2.24) is 5.32 Å². The molecular weight excluding hydrogens is 262 g/mol. The Hall–Kier alpha value is -1.37. The van der Waals surface area contributed by atoms with Crippen LogP contribution in [0.15, 0.2) is 12.1 Å². The van der Waals surface area contributed by atoms with Crippen molar-refractivity contribution in [1.29, 1.82) is 0 Å². The lowest BCUT2D eigenvalue weighted by molar-refractivity contribution is 0.330. The molecular formula is C15H18ClNO2. The number of nitrogens with one attached hydrogen (secondary N) is 1. The summed E-state index contributed by atoms with van der Waals surface area (Å²) >= 11 is 6.24. The third kappa shape index (κ3) is 4.05. The van der Waals surface area contributed by atoms with Crippen LogP contribution in [-0.4, -0.2) is 19.8 Å². The molecule has 102 valence electrons. The number of halogens is 1. The monoisotopic (exact) mass is 279 g/mol. The van der Waals surface area contributed by atoms with Gasteiger partial charge in [-0.3, -0.25) is 0 Å². The fourth-order valence-electron chi connectivity index (χ4n) is 1.75. The van der Waals surface area contributed by atoms with Gasteiger partial charge in [0.25, 0.3) is 0 Å². The average molecular weight is 280 g/mol. The number of methoxy groups -OCH3 is 1. The number of hydrogen-bond donors (Lipinski definition) is 1. The van der Waals surface area contributed by atoms with Crippen molar-refractivity contribution in [3.8, 4) is 23.3 Å². The molecule has 0 bridgehead atoms. The second kappa shape index (κ2) is 6.70. The molecule has 1 aromatic rings. The molecule has 19 heavy (non-hydrogen) atoms. The van der Waals surface area contributed by atoms with Crippen LogP contribution in [0.1, 0.15) is 25.3 Å². The Morgan fingerprint density at radius 3 is 2.84 bits per heavy atom. The van der Waals surface area contributed by atoms with Gasteiger partial charge in [0.1, 0.15) is 6.61 Å². The van der Waals surface area contributed by atoms with Crippen molar-refractivity contribution < 1.29 is 9.47 Å². The van der Waals surface area contributed by atoms with Gasteiger partial charge in [-0.1, -0.05) is 17.5 Å². The highest BCUT2D eigenvalue weighted by Crippen LogP contribution is 2.36. The maximum atomic E-state index is 6.24. The third-order valence-corrected chi connectivity index (χ3v) is 3.21. The van der Waals surface area contributed by atoms with Gasteiger partial charge in [0, 0.05) is 12.6 Å². The fourth-order valence-corrected chi connectivity index (χ4v) is 2.03. The van der Waals surface area contributed by atoms with Gasteiger partial charge in [0.05, 0.1) is 12.1 Å². The Labute approximate surface area is 119 Å². The molecule has 1 aliphatic carbocycles. The van der Waals surface area contributed by atoms with Gasteiger partial charge in [-0.15, -0.1) is 5.92 Å². The molecule has 0 aromatic heterocycles. The zero-order valence-electron chi connectivity index (χ0n) is 11.3. The molecule has 0 aliphatic heterocycles. The average Bonchev–Trinajstić information content (AvgIpc) is 3.22. The molecule has 4 heteroatoms. The van der Waals surface area contributed by atoms with Crippen molar-refractivity contribution >= 4 is 11.6 Å². The summed E-state index contributed by atoms with van der Waals surface area (Å²) in [5.74, 6) is 6.82. The highest BCUT2D eigenvalue weighted by atomic mass is 35.5. The molecule has 0 unspecified atom stereocenters. The molecule has 1 aliphatic rings. The van der Waals surface area contributed by atoms with Gasteiger partial charge in [0.15, 0.2) is 11.5 Å². The zero-order valence-corrected chi connectivity index (χ0v) is 12.0. The molecule has 2 rings (SSSR count). The van der Waals surface area contributed by atoms with Crippen molar-refractivity contribution in [3.63, 3.8) is 0 Å². The van der Waals surface area contributed by atoms with Crippen LogP contribution in [0.25, 0.3) is 0 Å². The van der Waals surface area contributed by atoms with Gasteiger partial charge < -0.3 is 14.8 Å². The topological polar surface area (TPSA) is 30.5 Å². The van der Waals surface area contributed by atoms with E-state index in [9.17, 15) is 0 Å². The van der Waals surface area contributed by atoms with E-state index >= 15 is 0 Å². The van der Waals surface area contributed by atoms with Crippen LogP contribution in [0.4, 0.5) is 0 Å². The molecule has 1 N–H and O–H groups in total. The van der Waals surface area contributed by atoms with Crippen LogP contribution in [0.5, 0.6) is 11.5 Å². The van der Waals surface area contributed by atoms with Gasteiger partial charge in [0.2, 0.25) is 0 Å². The van der Waals surface area contributed by atoms with Crippen LogP contribution in [-0.2, 0) is 6.54 Å².